The molecule has 3 nitrogen and oxygen atoms in total. The van der Waals surface area contributed by atoms with E-state index in [1.807, 2.05) is 18.2 Å². The summed E-state index contributed by atoms with van der Waals surface area (Å²) in [5.41, 5.74) is 2.52. The minimum Gasteiger partial charge on any atom is -0.469 e. The van der Waals surface area contributed by atoms with E-state index in [-0.39, 0.29) is 12.0 Å². The van der Waals surface area contributed by atoms with Gasteiger partial charge in [-0.3, -0.25) is 9.69 Å². The van der Waals surface area contributed by atoms with Gasteiger partial charge < -0.3 is 4.74 Å². The summed E-state index contributed by atoms with van der Waals surface area (Å²) in [5.74, 6) is -0.129. The molecule has 1 saturated heterocycles. The topological polar surface area (TPSA) is 29.5 Å². The van der Waals surface area contributed by atoms with Crippen LogP contribution < -0.4 is 0 Å². The van der Waals surface area contributed by atoms with Gasteiger partial charge in [0, 0.05) is 19.1 Å². The van der Waals surface area contributed by atoms with Crippen molar-refractivity contribution in [2.24, 2.45) is 0 Å². The number of rotatable bonds is 4. The Kier molecular flexibility index (Phi) is 4.74. The molecule has 1 heterocycles. The van der Waals surface area contributed by atoms with Gasteiger partial charge in [-0.15, -0.1) is 0 Å². The molecule has 0 amide bonds. The second-order valence-corrected chi connectivity index (χ2v) is 5.11. The summed E-state index contributed by atoms with van der Waals surface area (Å²) >= 11 is 0. The van der Waals surface area contributed by atoms with Crippen molar-refractivity contribution in [3.8, 4) is 0 Å². The molecule has 3 heteroatoms. The maximum absolute atomic E-state index is 11.5. The lowest BCUT2D eigenvalue weighted by atomic mass is 9.96. The number of nitrogens with zero attached hydrogens (tertiary/aromatic N) is 1. The minimum absolute atomic E-state index is 0.129. The first kappa shape index (κ1) is 13.8. The highest BCUT2D eigenvalue weighted by molar-refractivity contribution is 5.69. The molecule has 1 atom stereocenters. The van der Waals surface area contributed by atoms with Crippen LogP contribution in [0.5, 0.6) is 0 Å². The van der Waals surface area contributed by atoms with Crippen LogP contribution in [0.15, 0.2) is 42.5 Å². The lowest BCUT2D eigenvalue weighted by Crippen LogP contribution is -2.41. The van der Waals surface area contributed by atoms with Crippen LogP contribution in [0.3, 0.4) is 0 Å². The summed E-state index contributed by atoms with van der Waals surface area (Å²) < 4.78 is 4.79. The fraction of sp³-hybridized carbons (Fsp3) is 0.438. The highest BCUT2D eigenvalue weighted by Crippen LogP contribution is 2.24. The molecule has 1 aromatic rings. The van der Waals surface area contributed by atoms with Crippen LogP contribution in [0.25, 0.3) is 0 Å². The molecule has 0 radical (unpaired) electrons. The summed E-state index contributed by atoms with van der Waals surface area (Å²) in [5, 5.41) is 0. The Bertz CT molecular complexity index is 441. The van der Waals surface area contributed by atoms with Crippen LogP contribution in [0.4, 0.5) is 0 Å². The molecule has 1 fully saturated rings. The number of hydrogen-bond acceptors (Lipinski definition) is 3. The van der Waals surface area contributed by atoms with E-state index in [0.717, 1.165) is 25.9 Å². The summed E-state index contributed by atoms with van der Waals surface area (Å²) in [6.07, 6.45) is 2.46. The van der Waals surface area contributed by atoms with E-state index in [9.17, 15) is 4.79 Å². The Morgan fingerprint density at radius 1 is 1.42 bits per heavy atom. The Hall–Kier alpha value is -1.61. The molecule has 0 spiro atoms. The van der Waals surface area contributed by atoms with E-state index in [1.165, 1.54) is 18.2 Å². The quantitative estimate of drug-likeness (QED) is 0.615. The molecule has 1 aromatic carbocycles. The third kappa shape index (κ3) is 3.93. The Labute approximate surface area is 114 Å². The summed E-state index contributed by atoms with van der Waals surface area (Å²) in [7, 11) is 1.45. The molecule has 1 aliphatic heterocycles. The SMILES string of the molecule is C=C1CCC(CC(=O)OC)N(Cc2ccccc2)C1. The summed E-state index contributed by atoms with van der Waals surface area (Å²) in [4.78, 5) is 13.8. The van der Waals surface area contributed by atoms with Crippen LogP contribution >= 0.6 is 0 Å². The number of methoxy groups -OCH3 is 1. The van der Waals surface area contributed by atoms with Crippen molar-refractivity contribution >= 4 is 5.97 Å². The van der Waals surface area contributed by atoms with Gasteiger partial charge >= 0.3 is 5.97 Å². The van der Waals surface area contributed by atoms with Crippen molar-refractivity contribution in [3.63, 3.8) is 0 Å². The Morgan fingerprint density at radius 2 is 2.16 bits per heavy atom. The molecule has 1 aliphatic rings. The predicted molar refractivity (Wildman–Crippen MR) is 75.6 cm³/mol. The van der Waals surface area contributed by atoms with Crippen LogP contribution in [-0.4, -0.2) is 30.6 Å². The molecule has 2 rings (SSSR count). The normalized spacial score (nSPS) is 20.3. The van der Waals surface area contributed by atoms with Gasteiger partial charge in [0.05, 0.1) is 13.5 Å². The number of piperidine rings is 1. The second-order valence-electron chi connectivity index (χ2n) is 5.11. The Balaban J connectivity index is 2.04. The zero-order chi connectivity index (χ0) is 13.7. The first-order valence-corrected chi connectivity index (χ1v) is 6.70. The van der Waals surface area contributed by atoms with E-state index in [2.05, 4.69) is 23.6 Å². The molecule has 0 aromatic heterocycles. The van der Waals surface area contributed by atoms with Gasteiger partial charge in [0.2, 0.25) is 0 Å². The average molecular weight is 259 g/mol. The zero-order valence-electron chi connectivity index (χ0n) is 11.5. The zero-order valence-corrected chi connectivity index (χ0v) is 11.5. The van der Waals surface area contributed by atoms with Crippen molar-refractivity contribution in [3.05, 3.63) is 48.0 Å². The number of carbonyl (C=O) groups is 1. The maximum Gasteiger partial charge on any atom is 0.307 e. The molecule has 1 unspecified atom stereocenters. The van der Waals surface area contributed by atoms with Crippen LogP contribution in [0.2, 0.25) is 0 Å². The highest BCUT2D eigenvalue weighted by atomic mass is 16.5. The molecular weight excluding hydrogens is 238 g/mol. The summed E-state index contributed by atoms with van der Waals surface area (Å²) in [6, 6.07) is 10.6. The highest BCUT2D eigenvalue weighted by Gasteiger charge is 2.26. The molecule has 0 aliphatic carbocycles. The molecule has 0 N–H and O–H groups in total. The molecule has 19 heavy (non-hydrogen) atoms. The van der Waals surface area contributed by atoms with E-state index in [1.54, 1.807) is 0 Å². The van der Waals surface area contributed by atoms with Crippen molar-refractivity contribution < 1.29 is 9.53 Å². The lowest BCUT2D eigenvalue weighted by Gasteiger charge is -2.36. The van der Waals surface area contributed by atoms with Gasteiger partial charge in [-0.2, -0.15) is 0 Å². The minimum atomic E-state index is -0.129. The van der Waals surface area contributed by atoms with Gasteiger partial charge in [-0.25, -0.2) is 0 Å². The van der Waals surface area contributed by atoms with Crippen molar-refractivity contribution in [2.45, 2.75) is 31.8 Å². The third-order valence-electron chi connectivity index (χ3n) is 3.63. The first-order chi connectivity index (χ1) is 9.19. The van der Waals surface area contributed by atoms with Gasteiger partial charge in [0.1, 0.15) is 0 Å². The first-order valence-electron chi connectivity index (χ1n) is 6.70. The fourth-order valence-electron chi connectivity index (χ4n) is 2.56. The van der Waals surface area contributed by atoms with Crippen LogP contribution in [0, 0.1) is 0 Å². The number of ether oxygens (including phenoxy) is 1. The van der Waals surface area contributed by atoms with E-state index >= 15 is 0 Å². The molecule has 102 valence electrons. The third-order valence-corrected chi connectivity index (χ3v) is 3.63. The predicted octanol–water partition coefficient (Wildman–Crippen LogP) is 2.77. The van der Waals surface area contributed by atoms with Gasteiger partial charge in [-0.05, 0) is 18.4 Å². The number of esters is 1. The van der Waals surface area contributed by atoms with Crippen LogP contribution in [0.1, 0.15) is 24.8 Å². The van der Waals surface area contributed by atoms with Gasteiger partial charge in [0.15, 0.2) is 0 Å². The number of carbonyl (C=O) groups excluding carboxylic acids is 1. The standard InChI is InChI=1S/C16H21NO2/c1-13-8-9-15(10-16(18)19-2)17(11-13)12-14-6-4-3-5-7-14/h3-7,15H,1,8-12H2,2H3. The van der Waals surface area contributed by atoms with Gasteiger partial charge in [-0.1, -0.05) is 42.5 Å². The maximum atomic E-state index is 11.5. The van der Waals surface area contributed by atoms with E-state index in [4.69, 9.17) is 4.74 Å². The summed E-state index contributed by atoms with van der Waals surface area (Å²) in [6.45, 7) is 5.82. The van der Waals surface area contributed by atoms with Crippen molar-refractivity contribution in [2.75, 3.05) is 13.7 Å². The monoisotopic (exact) mass is 259 g/mol. The van der Waals surface area contributed by atoms with Crippen molar-refractivity contribution in [1.29, 1.82) is 0 Å². The van der Waals surface area contributed by atoms with E-state index < -0.39 is 0 Å². The Morgan fingerprint density at radius 3 is 2.84 bits per heavy atom. The number of benzene rings is 1. The van der Waals surface area contributed by atoms with Gasteiger partial charge in [0.25, 0.3) is 0 Å². The number of hydrogen-bond donors (Lipinski definition) is 0. The largest absolute Gasteiger partial charge is 0.469 e. The van der Waals surface area contributed by atoms with E-state index in [0.29, 0.717) is 6.42 Å². The van der Waals surface area contributed by atoms with Crippen molar-refractivity contribution in [1.82, 2.24) is 4.90 Å². The second kappa shape index (κ2) is 6.53. The van der Waals surface area contributed by atoms with Crippen LogP contribution in [-0.2, 0) is 16.1 Å². The molecule has 0 bridgehead atoms. The average Bonchev–Trinajstić information content (AvgIpc) is 2.43. The number of likely N-dealkylation sites (tertiary alicyclic amines) is 1. The smallest absolute Gasteiger partial charge is 0.307 e. The lowest BCUT2D eigenvalue weighted by molar-refractivity contribution is -0.142. The molecular formula is C16H21NO2. The fourth-order valence-corrected chi connectivity index (χ4v) is 2.56. The molecule has 0 saturated carbocycles.